The minimum absolute atomic E-state index is 0.191. The number of hydrogen-bond donors (Lipinski definition) is 3. The van der Waals surface area contributed by atoms with E-state index >= 15 is 0 Å². The number of nitrogens with one attached hydrogen (secondary N) is 2. The highest BCUT2D eigenvalue weighted by atomic mass is 19.2. The zero-order valence-corrected chi connectivity index (χ0v) is 21.9. The molecule has 0 atom stereocenters. The van der Waals surface area contributed by atoms with Crippen molar-refractivity contribution in [3.05, 3.63) is 66.8 Å². The normalized spacial score (nSPS) is 14.4. The number of likely N-dealkylation sites (tertiary alicyclic amines) is 1. The van der Waals surface area contributed by atoms with Gasteiger partial charge in [0.1, 0.15) is 31.0 Å². The van der Waals surface area contributed by atoms with Gasteiger partial charge in [0.25, 0.3) is 0 Å². The number of fused-ring (bicyclic) bond motifs is 1. The number of carbonyl (C=O) groups is 1. The molecule has 0 saturated carbocycles. The van der Waals surface area contributed by atoms with Crippen LogP contribution in [0.25, 0.3) is 10.9 Å². The van der Waals surface area contributed by atoms with Crippen molar-refractivity contribution in [2.24, 2.45) is 5.92 Å². The van der Waals surface area contributed by atoms with Crippen LogP contribution in [0.15, 0.2) is 55.1 Å². The lowest BCUT2D eigenvalue weighted by Crippen LogP contribution is -2.36. The summed E-state index contributed by atoms with van der Waals surface area (Å²) in [5.74, 6) is -0.793. The van der Waals surface area contributed by atoms with Crippen molar-refractivity contribution >= 4 is 34.0 Å². The van der Waals surface area contributed by atoms with Crippen molar-refractivity contribution in [1.82, 2.24) is 24.6 Å². The zero-order chi connectivity index (χ0) is 27.9. The molecule has 40 heavy (non-hydrogen) atoms. The standard InChI is InChI=1S/C28H31F2N7O3/c29-23-2-1-3-24(27(23)30)35-26(39)17-37-16-20(15-33-37)34-28-22-5-4-21(14-25(22)31-18-32-28)40-13-11-36-9-6-19(7-10-36)8-12-38/h1-5,14-16,18-19,38H,6-13,17H2,(H,35,39)(H,31,32,34). The lowest BCUT2D eigenvalue weighted by Gasteiger charge is -2.31. The Morgan fingerprint density at radius 1 is 1.15 bits per heavy atom. The van der Waals surface area contributed by atoms with Crippen LogP contribution in [0.3, 0.4) is 0 Å². The Balaban J connectivity index is 1.15. The highest BCUT2D eigenvalue weighted by Gasteiger charge is 2.18. The first-order valence-electron chi connectivity index (χ1n) is 13.2. The predicted molar refractivity (Wildman–Crippen MR) is 146 cm³/mol. The number of hydrogen-bond acceptors (Lipinski definition) is 8. The molecule has 2 aromatic heterocycles. The Morgan fingerprint density at radius 2 is 2.00 bits per heavy atom. The predicted octanol–water partition coefficient (Wildman–Crippen LogP) is 3.96. The maximum Gasteiger partial charge on any atom is 0.246 e. The Morgan fingerprint density at radius 3 is 2.83 bits per heavy atom. The molecule has 1 fully saturated rings. The fraction of sp³-hybridized carbons (Fsp3) is 0.357. The van der Waals surface area contributed by atoms with Gasteiger partial charge in [-0.2, -0.15) is 5.10 Å². The number of halogens is 2. The summed E-state index contributed by atoms with van der Waals surface area (Å²) < 4.78 is 34.6. The van der Waals surface area contributed by atoms with Crippen LogP contribution in [0.1, 0.15) is 19.3 Å². The van der Waals surface area contributed by atoms with Gasteiger partial charge in [0.05, 0.1) is 23.1 Å². The molecular formula is C28H31F2N7O3. The van der Waals surface area contributed by atoms with Crippen molar-refractivity contribution in [1.29, 1.82) is 0 Å². The van der Waals surface area contributed by atoms with E-state index in [0.29, 0.717) is 29.5 Å². The Labute approximate surface area is 230 Å². The molecule has 4 aromatic rings. The molecule has 1 amide bonds. The summed E-state index contributed by atoms with van der Waals surface area (Å²) in [4.78, 5) is 23.4. The van der Waals surface area contributed by atoms with Crippen LogP contribution in [0.4, 0.5) is 26.0 Å². The molecule has 3 N–H and O–H groups in total. The summed E-state index contributed by atoms with van der Waals surface area (Å²) >= 11 is 0. The second kappa shape index (κ2) is 12.8. The number of rotatable bonds is 11. The monoisotopic (exact) mass is 551 g/mol. The third kappa shape index (κ3) is 6.88. The van der Waals surface area contributed by atoms with Crippen LogP contribution < -0.4 is 15.4 Å². The van der Waals surface area contributed by atoms with Gasteiger partial charge in [-0.05, 0) is 62.5 Å². The highest BCUT2D eigenvalue weighted by Crippen LogP contribution is 2.26. The van der Waals surface area contributed by atoms with Crippen LogP contribution in [0, 0.1) is 17.6 Å². The molecule has 0 aliphatic carbocycles. The van der Waals surface area contributed by atoms with E-state index in [1.54, 1.807) is 6.20 Å². The first-order chi connectivity index (χ1) is 19.5. The van der Waals surface area contributed by atoms with E-state index in [1.165, 1.54) is 29.3 Å². The molecular weight excluding hydrogens is 520 g/mol. The van der Waals surface area contributed by atoms with Crippen LogP contribution in [-0.4, -0.2) is 68.5 Å². The molecule has 1 aliphatic heterocycles. The molecule has 1 aliphatic rings. The molecule has 2 aromatic carbocycles. The average Bonchev–Trinajstić information content (AvgIpc) is 3.39. The van der Waals surface area contributed by atoms with Gasteiger partial charge in [0, 0.05) is 30.8 Å². The maximum atomic E-state index is 13.8. The molecule has 0 unspecified atom stereocenters. The smallest absolute Gasteiger partial charge is 0.246 e. The molecule has 0 radical (unpaired) electrons. The summed E-state index contributed by atoms with van der Waals surface area (Å²) in [7, 11) is 0. The van der Waals surface area contributed by atoms with E-state index < -0.39 is 17.5 Å². The van der Waals surface area contributed by atoms with Gasteiger partial charge >= 0.3 is 0 Å². The second-order valence-corrected chi connectivity index (χ2v) is 9.75. The van der Waals surface area contributed by atoms with Crippen molar-refractivity contribution in [3.8, 4) is 5.75 Å². The van der Waals surface area contributed by atoms with E-state index in [2.05, 4.69) is 30.6 Å². The maximum absolute atomic E-state index is 13.8. The number of aromatic nitrogens is 4. The molecule has 0 spiro atoms. The summed E-state index contributed by atoms with van der Waals surface area (Å²) in [6.07, 6.45) is 7.72. The van der Waals surface area contributed by atoms with E-state index in [0.717, 1.165) is 56.1 Å². The quantitative estimate of drug-likeness (QED) is 0.257. The fourth-order valence-electron chi connectivity index (χ4n) is 4.79. The second-order valence-electron chi connectivity index (χ2n) is 9.75. The average molecular weight is 552 g/mol. The van der Waals surface area contributed by atoms with E-state index in [4.69, 9.17) is 9.84 Å². The number of anilines is 3. The van der Waals surface area contributed by atoms with Crippen LogP contribution in [-0.2, 0) is 11.3 Å². The molecule has 0 bridgehead atoms. The van der Waals surface area contributed by atoms with Crippen LogP contribution >= 0.6 is 0 Å². The number of benzene rings is 2. The Kier molecular flexibility index (Phi) is 8.77. The topological polar surface area (TPSA) is 117 Å². The number of aliphatic hydroxyl groups excluding tert-OH is 1. The van der Waals surface area contributed by atoms with E-state index in [1.807, 2.05) is 18.2 Å². The Hall–Kier alpha value is -4.16. The number of nitrogens with zero attached hydrogens (tertiary/aromatic N) is 5. The molecule has 1 saturated heterocycles. The molecule has 3 heterocycles. The molecule has 5 rings (SSSR count). The van der Waals surface area contributed by atoms with Gasteiger partial charge in [0.15, 0.2) is 11.6 Å². The largest absolute Gasteiger partial charge is 0.492 e. The lowest BCUT2D eigenvalue weighted by molar-refractivity contribution is -0.116. The zero-order valence-electron chi connectivity index (χ0n) is 21.9. The van der Waals surface area contributed by atoms with Crippen molar-refractivity contribution in [2.45, 2.75) is 25.8 Å². The summed E-state index contributed by atoms with van der Waals surface area (Å²) in [6, 6.07) is 9.22. The summed E-state index contributed by atoms with van der Waals surface area (Å²) in [5.41, 5.74) is 1.07. The van der Waals surface area contributed by atoms with Gasteiger partial charge in [-0.25, -0.2) is 18.7 Å². The first-order valence-corrected chi connectivity index (χ1v) is 13.2. The minimum Gasteiger partial charge on any atom is -0.492 e. The third-order valence-corrected chi connectivity index (χ3v) is 6.96. The summed E-state index contributed by atoms with van der Waals surface area (Å²) in [6.45, 7) is 3.55. The van der Waals surface area contributed by atoms with Crippen molar-refractivity contribution < 1.29 is 23.4 Å². The highest BCUT2D eigenvalue weighted by molar-refractivity contribution is 5.92. The molecule has 210 valence electrons. The number of piperidine rings is 1. The number of ether oxygens (including phenoxy) is 1. The minimum atomic E-state index is -1.11. The van der Waals surface area contributed by atoms with E-state index in [-0.39, 0.29) is 18.8 Å². The third-order valence-electron chi connectivity index (χ3n) is 6.96. The number of aliphatic hydroxyl groups is 1. The van der Waals surface area contributed by atoms with Crippen molar-refractivity contribution in [3.63, 3.8) is 0 Å². The lowest BCUT2D eigenvalue weighted by atomic mass is 9.94. The van der Waals surface area contributed by atoms with E-state index in [9.17, 15) is 13.6 Å². The van der Waals surface area contributed by atoms with Gasteiger partial charge in [-0.1, -0.05) is 6.07 Å². The molecule has 10 nitrogen and oxygen atoms in total. The van der Waals surface area contributed by atoms with Gasteiger partial charge in [-0.15, -0.1) is 0 Å². The summed E-state index contributed by atoms with van der Waals surface area (Å²) in [5, 5.41) is 19.6. The van der Waals surface area contributed by atoms with Gasteiger partial charge < -0.3 is 20.5 Å². The van der Waals surface area contributed by atoms with Gasteiger partial charge in [-0.3, -0.25) is 14.4 Å². The fourth-order valence-corrected chi connectivity index (χ4v) is 4.79. The first kappa shape index (κ1) is 27.4. The van der Waals surface area contributed by atoms with Crippen LogP contribution in [0.5, 0.6) is 5.75 Å². The van der Waals surface area contributed by atoms with Gasteiger partial charge in [0.2, 0.25) is 5.91 Å². The van der Waals surface area contributed by atoms with Crippen molar-refractivity contribution in [2.75, 3.05) is 43.5 Å². The number of carbonyl (C=O) groups excluding carboxylic acids is 1. The molecule has 12 heteroatoms. The Bertz CT molecular complexity index is 1460. The van der Waals surface area contributed by atoms with Crippen LogP contribution in [0.2, 0.25) is 0 Å². The number of amides is 1. The SMILES string of the molecule is O=C(Cn1cc(Nc2ncnc3cc(OCCN4CCC(CCO)CC4)ccc23)cn1)Nc1cccc(F)c1F.